The van der Waals surface area contributed by atoms with E-state index in [1.165, 1.54) is 0 Å². The SMILES string of the molecule is Cc1[nH]c2ccc(OCCCCCl)cc2c1C(=O)O. The van der Waals surface area contributed by atoms with Crippen molar-refractivity contribution >= 4 is 28.5 Å². The van der Waals surface area contributed by atoms with Crippen LogP contribution in [0.4, 0.5) is 0 Å². The summed E-state index contributed by atoms with van der Waals surface area (Å²) in [5, 5.41) is 9.89. The number of alkyl halides is 1. The van der Waals surface area contributed by atoms with Gasteiger partial charge in [-0.2, -0.15) is 0 Å². The van der Waals surface area contributed by atoms with Crippen molar-refractivity contribution in [2.45, 2.75) is 19.8 Å². The Balaban J connectivity index is 2.23. The van der Waals surface area contributed by atoms with Crippen LogP contribution in [-0.4, -0.2) is 28.5 Å². The molecule has 0 aliphatic carbocycles. The van der Waals surface area contributed by atoms with Gasteiger partial charge in [0.05, 0.1) is 12.2 Å². The van der Waals surface area contributed by atoms with Crippen LogP contribution in [0, 0.1) is 6.92 Å². The Morgan fingerprint density at radius 1 is 1.42 bits per heavy atom. The number of aromatic amines is 1. The minimum absolute atomic E-state index is 0.307. The second-order valence-electron chi connectivity index (χ2n) is 4.38. The van der Waals surface area contributed by atoms with Gasteiger partial charge in [-0.15, -0.1) is 11.6 Å². The van der Waals surface area contributed by atoms with Gasteiger partial charge in [0.1, 0.15) is 5.75 Å². The van der Waals surface area contributed by atoms with Crippen LogP contribution in [0.1, 0.15) is 28.9 Å². The van der Waals surface area contributed by atoms with Crippen LogP contribution < -0.4 is 4.74 Å². The monoisotopic (exact) mass is 281 g/mol. The number of nitrogens with one attached hydrogen (secondary N) is 1. The highest BCUT2D eigenvalue weighted by Gasteiger charge is 2.15. The van der Waals surface area contributed by atoms with E-state index in [9.17, 15) is 9.90 Å². The number of aromatic nitrogens is 1. The average Bonchev–Trinajstić information content (AvgIpc) is 2.70. The highest BCUT2D eigenvalue weighted by atomic mass is 35.5. The summed E-state index contributed by atoms with van der Waals surface area (Å²) in [6.07, 6.45) is 1.80. The number of halogens is 1. The lowest BCUT2D eigenvalue weighted by Gasteiger charge is -2.05. The molecule has 0 spiro atoms. The quantitative estimate of drug-likeness (QED) is 0.628. The van der Waals surface area contributed by atoms with E-state index >= 15 is 0 Å². The van der Waals surface area contributed by atoms with Crippen LogP contribution >= 0.6 is 11.6 Å². The summed E-state index contributed by atoms with van der Waals surface area (Å²) in [6.45, 7) is 2.34. The van der Waals surface area contributed by atoms with Crippen molar-refractivity contribution < 1.29 is 14.6 Å². The Labute approximate surface area is 116 Å². The third kappa shape index (κ3) is 3.01. The van der Waals surface area contributed by atoms with Crippen molar-refractivity contribution in [2.24, 2.45) is 0 Å². The molecule has 0 saturated carbocycles. The molecule has 0 amide bonds. The first-order valence-electron chi connectivity index (χ1n) is 6.18. The number of fused-ring (bicyclic) bond motifs is 1. The molecular formula is C14H16ClNO3. The number of hydrogen-bond donors (Lipinski definition) is 2. The van der Waals surface area contributed by atoms with Crippen molar-refractivity contribution in [1.82, 2.24) is 4.98 Å². The second kappa shape index (κ2) is 5.97. The highest BCUT2D eigenvalue weighted by molar-refractivity contribution is 6.17. The van der Waals surface area contributed by atoms with Gasteiger partial charge >= 0.3 is 5.97 Å². The number of rotatable bonds is 6. The summed E-state index contributed by atoms with van der Waals surface area (Å²) in [5.74, 6) is 0.384. The third-order valence-electron chi connectivity index (χ3n) is 2.97. The summed E-state index contributed by atoms with van der Waals surface area (Å²) in [4.78, 5) is 14.3. The maximum absolute atomic E-state index is 11.2. The van der Waals surface area contributed by atoms with Gasteiger partial charge in [0.25, 0.3) is 0 Å². The summed E-state index contributed by atoms with van der Waals surface area (Å²) >= 11 is 5.59. The number of carboxylic acid groups (broad SMARTS) is 1. The Hall–Kier alpha value is -1.68. The zero-order valence-corrected chi connectivity index (χ0v) is 11.5. The molecule has 1 aromatic carbocycles. The summed E-state index contributed by atoms with van der Waals surface area (Å²) in [6, 6.07) is 5.44. The molecule has 1 aromatic heterocycles. The van der Waals surface area contributed by atoms with Crippen LogP contribution in [0.25, 0.3) is 10.9 Å². The van der Waals surface area contributed by atoms with E-state index in [0.717, 1.165) is 18.4 Å². The van der Waals surface area contributed by atoms with Crippen molar-refractivity contribution in [2.75, 3.05) is 12.5 Å². The Morgan fingerprint density at radius 2 is 2.21 bits per heavy atom. The number of hydrogen-bond acceptors (Lipinski definition) is 2. The van der Waals surface area contributed by atoms with Gasteiger partial charge in [-0.05, 0) is 38.0 Å². The number of unbranched alkanes of at least 4 members (excludes halogenated alkanes) is 1. The minimum Gasteiger partial charge on any atom is -0.494 e. The van der Waals surface area contributed by atoms with Gasteiger partial charge in [-0.1, -0.05) is 0 Å². The molecule has 0 saturated heterocycles. The number of ether oxygens (including phenoxy) is 1. The number of carboxylic acids is 1. The standard InChI is InChI=1S/C14H16ClNO3/c1-9-13(14(17)18)11-8-10(4-5-12(11)16-9)19-7-3-2-6-15/h4-5,8,16H,2-3,6-7H2,1H3,(H,17,18). The molecule has 102 valence electrons. The summed E-state index contributed by atoms with van der Waals surface area (Å²) in [7, 11) is 0. The first-order valence-corrected chi connectivity index (χ1v) is 6.71. The molecule has 2 rings (SSSR count). The van der Waals surface area contributed by atoms with E-state index in [2.05, 4.69) is 4.98 Å². The van der Waals surface area contributed by atoms with E-state index in [0.29, 0.717) is 34.9 Å². The molecule has 0 fully saturated rings. The van der Waals surface area contributed by atoms with Gasteiger partial charge in [-0.25, -0.2) is 4.79 Å². The lowest BCUT2D eigenvalue weighted by molar-refractivity contribution is 0.0698. The van der Waals surface area contributed by atoms with E-state index in [1.54, 1.807) is 13.0 Å². The first-order chi connectivity index (χ1) is 9.13. The van der Waals surface area contributed by atoms with E-state index in [4.69, 9.17) is 16.3 Å². The number of carbonyl (C=O) groups is 1. The van der Waals surface area contributed by atoms with Crippen LogP contribution in [0.3, 0.4) is 0 Å². The van der Waals surface area contributed by atoms with E-state index < -0.39 is 5.97 Å². The molecule has 0 aliphatic rings. The van der Waals surface area contributed by atoms with Gasteiger partial charge in [0, 0.05) is 22.5 Å². The van der Waals surface area contributed by atoms with Gasteiger partial charge in [-0.3, -0.25) is 0 Å². The molecule has 19 heavy (non-hydrogen) atoms. The molecular weight excluding hydrogens is 266 g/mol. The zero-order valence-electron chi connectivity index (χ0n) is 10.7. The molecule has 0 unspecified atom stereocenters. The smallest absolute Gasteiger partial charge is 0.338 e. The molecule has 2 aromatic rings. The maximum Gasteiger partial charge on any atom is 0.338 e. The highest BCUT2D eigenvalue weighted by Crippen LogP contribution is 2.26. The van der Waals surface area contributed by atoms with Crippen molar-refractivity contribution in [3.8, 4) is 5.75 Å². The fourth-order valence-corrected chi connectivity index (χ4v) is 2.25. The molecule has 1 heterocycles. The molecule has 5 heteroatoms. The fourth-order valence-electron chi connectivity index (χ4n) is 2.06. The number of aromatic carboxylic acids is 1. The molecule has 0 radical (unpaired) electrons. The fraction of sp³-hybridized carbons (Fsp3) is 0.357. The molecule has 0 aliphatic heterocycles. The predicted molar refractivity (Wildman–Crippen MR) is 75.4 cm³/mol. The van der Waals surface area contributed by atoms with Gasteiger partial charge in [0.15, 0.2) is 0 Å². The van der Waals surface area contributed by atoms with Crippen molar-refractivity contribution in [3.63, 3.8) is 0 Å². The summed E-state index contributed by atoms with van der Waals surface area (Å²) < 4.78 is 5.59. The van der Waals surface area contributed by atoms with E-state index in [-0.39, 0.29) is 0 Å². The molecule has 0 atom stereocenters. The topological polar surface area (TPSA) is 62.3 Å². The maximum atomic E-state index is 11.2. The Morgan fingerprint density at radius 3 is 2.89 bits per heavy atom. The molecule has 2 N–H and O–H groups in total. The molecule has 4 nitrogen and oxygen atoms in total. The van der Waals surface area contributed by atoms with Gasteiger partial charge < -0.3 is 14.8 Å². The first kappa shape index (κ1) is 13.7. The third-order valence-corrected chi connectivity index (χ3v) is 3.24. The second-order valence-corrected chi connectivity index (χ2v) is 4.76. The van der Waals surface area contributed by atoms with Crippen molar-refractivity contribution in [1.29, 1.82) is 0 Å². The molecule has 0 bridgehead atoms. The lowest BCUT2D eigenvalue weighted by atomic mass is 10.1. The van der Waals surface area contributed by atoms with Crippen LogP contribution in [0.5, 0.6) is 5.75 Å². The van der Waals surface area contributed by atoms with Crippen molar-refractivity contribution in [3.05, 3.63) is 29.5 Å². The average molecular weight is 282 g/mol. The van der Waals surface area contributed by atoms with E-state index in [1.807, 2.05) is 12.1 Å². The Kier molecular flexibility index (Phi) is 4.32. The number of benzene rings is 1. The van der Waals surface area contributed by atoms with Gasteiger partial charge in [0.2, 0.25) is 0 Å². The normalized spacial score (nSPS) is 10.8. The summed E-state index contributed by atoms with van der Waals surface area (Å²) in [5.41, 5.74) is 1.77. The lowest BCUT2D eigenvalue weighted by Crippen LogP contribution is -1.99. The minimum atomic E-state index is -0.928. The van der Waals surface area contributed by atoms with Crippen LogP contribution in [0.2, 0.25) is 0 Å². The zero-order chi connectivity index (χ0) is 13.8. The Bertz CT molecular complexity index is 592. The predicted octanol–water partition coefficient (Wildman–Crippen LogP) is 3.57. The number of aryl methyl sites for hydroxylation is 1. The van der Waals surface area contributed by atoms with Crippen LogP contribution in [0.15, 0.2) is 18.2 Å². The number of H-pyrrole nitrogens is 1. The van der Waals surface area contributed by atoms with Crippen LogP contribution in [-0.2, 0) is 0 Å². The largest absolute Gasteiger partial charge is 0.494 e.